The highest BCUT2D eigenvalue weighted by atomic mass is 16.4. The fourth-order valence-corrected chi connectivity index (χ4v) is 5.84. The molecular formula is C22H25NO2. The standard InChI is InChI=1S/C22H25NO2/c1-2-5-20-17-9-4-8-16(17)19-11-14(22(24)25)10-18-15-7-3-6-13(15)12-23(20)21(18)19/h3-4,7-8,10-11,13,15-17,20H,2,5-6,9,12H2,1H3,(H,24,25)/t13-,15+,16+,17+,20+/m1/s1. The van der Waals surface area contributed by atoms with Gasteiger partial charge in [0.1, 0.15) is 0 Å². The van der Waals surface area contributed by atoms with Crippen LogP contribution in [0.3, 0.4) is 0 Å². The number of fused-ring (bicyclic) bond motifs is 4. The molecule has 2 heterocycles. The lowest BCUT2D eigenvalue weighted by Gasteiger charge is -2.51. The number of benzene rings is 1. The lowest BCUT2D eigenvalue weighted by Crippen LogP contribution is -2.51. The Kier molecular flexibility index (Phi) is 3.34. The lowest BCUT2D eigenvalue weighted by atomic mass is 9.71. The molecule has 5 atom stereocenters. The van der Waals surface area contributed by atoms with Gasteiger partial charge in [-0.1, -0.05) is 37.6 Å². The van der Waals surface area contributed by atoms with Crippen molar-refractivity contribution in [3.05, 3.63) is 53.1 Å². The minimum Gasteiger partial charge on any atom is -0.478 e. The summed E-state index contributed by atoms with van der Waals surface area (Å²) in [6, 6.07) is 4.51. The molecule has 0 amide bonds. The van der Waals surface area contributed by atoms with E-state index in [9.17, 15) is 9.90 Å². The number of aromatic carboxylic acids is 1. The normalized spacial score (nSPS) is 34.0. The van der Waals surface area contributed by atoms with Crippen LogP contribution in [-0.4, -0.2) is 23.7 Å². The Morgan fingerprint density at radius 2 is 1.88 bits per heavy atom. The Balaban J connectivity index is 1.74. The minimum absolute atomic E-state index is 0.391. The summed E-state index contributed by atoms with van der Waals surface area (Å²) < 4.78 is 0. The fraction of sp³-hybridized carbons (Fsp3) is 0.500. The molecule has 130 valence electrons. The van der Waals surface area contributed by atoms with Gasteiger partial charge in [0.25, 0.3) is 0 Å². The van der Waals surface area contributed by atoms with Gasteiger partial charge in [-0.15, -0.1) is 0 Å². The molecule has 0 unspecified atom stereocenters. The van der Waals surface area contributed by atoms with E-state index in [1.165, 1.54) is 29.7 Å². The summed E-state index contributed by atoms with van der Waals surface area (Å²) in [6.45, 7) is 3.41. The first-order valence-electron chi connectivity index (χ1n) is 9.70. The van der Waals surface area contributed by atoms with Crippen LogP contribution in [0.25, 0.3) is 0 Å². The van der Waals surface area contributed by atoms with Crippen LogP contribution in [0.15, 0.2) is 36.4 Å². The average Bonchev–Trinajstić information content (AvgIpc) is 3.26. The van der Waals surface area contributed by atoms with E-state index in [1.807, 2.05) is 12.1 Å². The van der Waals surface area contributed by atoms with E-state index in [-0.39, 0.29) is 0 Å². The summed E-state index contributed by atoms with van der Waals surface area (Å²) in [5, 5.41) is 9.66. The summed E-state index contributed by atoms with van der Waals surface area (Å²) >= 11 is 0. The number of hydrogen-bond donors (Lipinski definition) is 1. The zero-order valence-electron chi connectivity index (χ0n) is 14.7. The van der Waals surface area contributed by atoms with Gasteiger partial charge in [0, 0.05) is 30.1 Å². The number of allylic oxidation sites excluding steroid dienone is 4. The fourth-order valence-electron chi connectivity index (χ4n) is 5.84. The van der Waals surface area contributed by atoms with Gasteiger partial charge < -0.3 is 10.0 Å². The third-order valence-corrected chi connectivity index (χ3v) is 6.83. The van der Waals surface area contributed by atoms with Crippen molar-refractivity contribution in [2.75, 3.05) is 11.4 Å². The Labute approximate surface area is 149 Å². The van der Waals surface area contributed by atoms with Gasteiger partial charge in [-0.3, -0.25) is 0 Å². The largest absolute Gasteiger partial charge is 0.478 e. The van der Waals surface area contributed by atoms with Gasteiger partial charge in [-0.2, -0.15) is 0 Å². The quantitative estimate of drug-likeness (QED) is 0.814. The number of hydrogen-bond acceptors (Lipinski definition) is 2. The number of rotatable bonds is 3. The molecule has 0 spiro atoms. The molecule has 0 radical (unpaired) electrons. The van der Waals surface area contributed by atoms with Gasteiger partial charge in [0.15, 0.2) is 0 Å². The maximum atomic E-state index is 11.8. The van der Waals surface area contributed by atoms with E-state index < -0.39 is 5.97 Å². The Morgan fingerprint density at radius 1 is 1.16 bits per heavy atom. The molecule has 0 fully saturated rings. The third kappa shape index (κ3) is 2.08. The van der Waals surface area contributed by atoms with Crippen LogP contribution in [-0.2, 0) is 0 Å². The smallest absolute Gasteiger partial charge is 0.335 e. The Morgan fingerprint density at radius 3 is 2.64 bits per heavy atom. The van der Waals surface area contributed by atoms with Crippen molar-refractivity contribution in [3.63, 3.8) is 0 Å². The van der Waals surface area contributed by atoms with Crippen LogP contribution < -0.4 is 4.90 Å². The van der Waals surface area contributed by atoms with Crippen molar-refractivity contribution >= 4 is 11.7 Å². The van der Waals surface area contributed by atoms with E-state index >= 15 is 0 Å². The van der Waals surface area contributed by atoms with Crippen molar-refractivity contribution in [2.45, 2.75) is 50.5 Å². The lowest BCUT2D eigenvalue weighted by molar-refractivity contribution is 0.0696. The molecule has 2 aliphatic heterocycles. The molecule has 0 aromatic heterocycles. The van der Waals surface area contributed by atoms with E-state index in [2.05, 4.69) is 36.1 Å². The van der Waals surface area contributed by atoms with Gasteiger partial charge in [0.2, 0.25) is 0 Å². The van der Waals surface area contributed by atoms with Crippen molar-refractivity contribution < 1.29 is 9.90 Å². The summed E-state index contributed by atoms with van der Waals surface area (Å²) in [5.41, 5.74) is 4.35. The molecular weight excluding hydrogens is 310 g/mol. The summed E-state index contributed by atoms with van der Waals surface area (Å²) in [5.74, 6) is 1.20. The summed E-state index contributed by atoms with van der Waals surface area (Å²) in [4.78, 5) is 14.4. The van der Waals surface area contributed by atoms with Crippen molar-refractivity contribution in [2.24, 2.45) is 11.8 Å². The highest BCUT2D eigenvalue weighted by molar-refractivity contribution is 5.90. The van der Waals surface area contributed by atoms with Crippen LogP contribution in [0, 0.1) is 11.8 Å². The molecule has 1 aromatic carbocycles. The molecule has 0 bridgehead atoms. The van der Waals surface area contributed by atoms with Crippen molar-refractivity contribution in [1.29, 1.82) is 0 Å². The Bertz CT molecular complexity index is 776. The second-order valence-corrected chi connectivity index (χ2v) is 8.12. The molecule has 4 aliphatic rings. The molecule has 0 saturated carbocycles. The third-order valence-electron chi connectivity index (χ3n) is 6.83. The van der Waals surface area contributed by atoms with Gasteiger partial charge in [0.05, 0.1) is 5.56 Å². The summed E-state index contributed by atoms with van der Waals surface area (Å²) in [6.07, 6.45) is 13.9. The zero-order chi connectivity index (χ0) is 17.1. The zero-order valence-corrected chi connectivity index (χ0v) is 14.7. The first-order chi connectivity index (χ1) is 12.2. The van der Waals surface area contributed by atoms with Gasteiger partial charge in [-0.05, 0) is 54.4 Å². The molecule has 2 aliphatic carbocycles. The first kappa shape index (κ1) is 15.2. The average molecular weight is 335 g/mol. The SMILES string of the molecule is CCC[C@H]1[C@H]2CC=C[C@@H]2c2cc(C(=O)O)cc3c2N1C[C@H]1CC=C[C@H]31. The molecule has 1 aromatic rings. The molecule has 25 heavy (non-hydrogen) atoms. The first-order valence-corrected chi connectivity index (χ1v) is 9.70. The van der Waals surface area contributed by atoms with Gasteiger partial charge in [-0.25, -0.2) is 4.79 Å². The van der Waals surface area contributed by atoms with Gasteiger partial charge >= 0.3 is 5.97 Å². The maximum absolute atomic E-state index is 11.8. The number of carboxylic acid groups (broad SMARTS) is 1. The van der Waals surface area contributed by atoms with Crippen molar-refractivity contribution in [3.8, 4) is 0 Å². The topological polar surface area (TPSA) is 40.5 Å². The molecule has 3 nitrogen and oxygen atoms in total. The molecule has 0 saturated heterocycles. The maximum Gasteiger partial charge on any atom is 0.335 e. The predicted molar refractivity (Wildman–Crippen MR) is 99.4 cm³/mol. The summed E-state index contributed by atoms with van der Waals surface area (Å²) in [7, 11) is 0. The second-order valence-electron chi connectivity index (χ2n) is 8.12. The van der Waals surface area contributed by atoms with Crippen LogP contribution in [0.2, 0.25) is 0 Å². The van der Waals surface area contributed by atoms with E-state index in [1.54, 1.807) is 0 Å². The molecule has 1 N–H and O–H groups in total. The van der Waals surface area contributed by atoms with E-state index in [0.717, 1.165) is 19.4 Å². The van der Waals surface area contributed by atoms with Crippen LogP contribution >= 0.6 is 0 Å². The number of carbonyl (C=O) groups is 1. The number of carboxylic acids is 1. The monoisotopic (exact) mass is 335 g/mol. The molecule has 5 rings (SSSR count). The van der Waals surface area contributed by atoms with E-state index in [4.69, 9.17) is 0 Å². The van der Waals surface area contributed by atoms with Crippen LogP contribution in [0.5, 0.6) is 0 Å². The van der Waals surface area contributed by atoms with Crippen LogP contribution in [0.4, 0.5) is 5.69 Å². The minimum atomic E-state index is -0.802. The van der Waals surface area contributed by atoms with Crippen molar-refractivity contribution in [1.82, 2.24) is 0 Å². The predicted octanol–water partition coefficient (Wildman–Crippen LogP) is 4.71. The van der Waals surface area contributed by atoms with Crippen LogP contribution in [0.1, 0.15) is 65.9 Å². The number of anilines is 1. The van der Waals surface area contributed by atoms with E-state index in [0.29, 0.717) is 35.3 Å². The second kappa shape index (κ2) is 5.48. The highest BCUT2D eigenvalue weighted by Crippen LogP contribution is 2.55. The number of nitrogens with zero attached hydrogens (tertiary/aromatic N) is 1. The molecule has 3 heteroatoms. The highest BCUT2D eigenvalue weighted by Gasteiger charge is 2.47. The Hall–Kier alpha value is -2.03.